The van der Waals surface area contributed by atoms with Gasteiger partial charge in [0.2, 0.25) is 0 Å². The van der Waals surface area contributed by atoms with Gasteiger partial charge in [0.15, 0.2) is 0 Å². The maximum Gasteiger partial charge on any atom is 0.0948 e. The summed E-state index contributed by atoms with van der Waals surface area (Å²) in [6, 6.07) is 1.16. The highest BCUT2D eigenvalue weighted by Gasteiger charge is 2.21. The summed E-state index contributed by atoms with van der Waals surface area (Å²) >= 11 is 0. The third kappa shape index (κ3) is 3.32. The molecule has 0 spiro atoms. The van der Waals surface area contributed by atoms with Crippen molar-refractivity contribution in [1.82, 2.24) is 14.9 Å². The molecule has 2 heterocycles. The van der Waals surface area contributed by atoms with Crippen LogP contribution < -0.4 is 5.32 Å². The highest BCUT2D eigenvalue weighted by atomic mass is 15.1. The van der Waals surface area contributed by atoms with Gasteiger partial charge in [0, 0.05) is 24.8 Å². The average molecular weight is 235 g/mol. The number of aryl methyl sites for hydroxylation is 1. The summed E-state index contributed by atoms with van der Waals surface area (Å²) in [5.41, 5.74) is 1.38. The minimum absolute atomic E-state index is 0.517. The first-order valence-corrected chi connectivity index (χ1v) is 7.07. The molecule has 96 valence electrons. The molecule has 3 heteroatoms. The van der Waals surface area contributed by atoms with E-state index in [1.54, 1.807) is 0 Å². The second-order valence-corrected chi connectivity index (χ2v) is 5.27. The minimum atomic E-state index is 0.517. The summed E-state index contributed by atoms with van der Waals surface area (Å²) in [6.45, 7) is 5.65. The largest absolute Gasteiger partial charge is 0.333 e. The van der Waals surface area contributed by atoms with E-state index in [9.17, 15) is 0 Å². The van der Waals surface area contributed by atoms with Crippen molar-refractivity contribution in [3.8, 4) is 0 Å². The molecule has 1 saturated heterocycles. The molecule has 2 unspecified atom stereocenters. The number of imidazole rings is 1. The Morgan fingerprint density at radius 2 is 2.29 bits per heavy atom. The van der Waals surface area contributed by atoms with Gasteiger partial charge in [-0.05, 0) is 32.6 Å². The lowest BCUT2D eigenvalue weighted by molar-refractivity contribution is 0.328. The fourth-order valence-electron chi connectivity index (χ4n) is 2.71. The predicted molar refractivity (Wildman–Crippen MR) is 70.9 cm³/mol. The Labute approximate surface area is 105 Å². The summed E-state index contributed by atoms with van der Waals surface area (Å²) in [4.78, 5) is 4.32. The van der Waals surface area contributed by atoms with Gasteiger partial charge in [0.05, 0.1) is 12.0 Å². The zero-order valence-electron chi connectivity index (χ0n) is 11.2. The van der Waals surface area contributed by atoms with Crippen molar-refractivity contribution >= 4 is 0 Å². The first kappa shape index (κ1) is 12.6. The van der Waals surface area contributed by atoms with E-state index in [-0.39, 0.29) is 0 Å². The molecule has 3 nitrogen and oxygen atoms in total. The van der Waals surface area contributed by atoms with Crippen LogP contribution in [0, 0.1) is 0 Å². The van der Waals surface area contributed by atoms with Gasteiger partial charge < -0.3 is 9.88 Å². The number of hydrogen-bond acceptors (Lipinski definition) is 2. The molecule has 1 N–H and O–H groups in total. The Hall–Kier alpha value is -0.830. The number of nitrogens with zero attached hydrogens (tertiary/aromatic N) is 2. The molecule has 2 atom stereocenters. The highest BCUT2D eigenvalue weighted by molar-refractivity contribution is 5.07. The third-order valence-electron chi connectivity index (χ3n) is 3.72. The van der Waals surface area contributed by atoms with Gasteiger partial charge in [-0.15, -0.1) is 0 Å². The lowest BCUT2D eigenvalue weighted by Gasteiger charge is -2.29. The van der Waals surface area contributed by atoms with Gasteiger partial charge in [-0.3, -0.25) is 0 Å². The van der Waals surface area contributed by atoms with E-state index in [4.69, 9.17) is 0 Å². The molecular weight excluding hydrogens is 210 g/mol. The monoisotopic (exact) mass is 235 g/mol. The van der Waals surface area contributed by atoms with E-state index in [1.807, 2.05) is 12.5 Å². The van der Waals surface area contributed by atoms with Crippen LogP contribution in [0.1, 0.15) is 64.1 Å². The number of nitrogens with one attached hydrogen (secondary N) is 1. The zero-order chi connectivity index (χ0) is 12.1. The first-order valence-electron chi connectivity index (χ1n) is 7.07. The van der Waals surface area contributed by atoms with E-state index in [0.29, 0.717) is 12.1 Å². The number of aromatic nitrogens is 2. The van der Waals surface area contributed by atoms with Crippen LogP contribution in [-0.2, 0) is 6.54 Å². The van der Waals surface area contributed by atoms with Crippen molar-refractivity contribution in [2.75, 3.05) is 0 Å². The molecular formula is C14H25N3. The van der Waals surface area contributed by atoms with Crippen LogP contribution in [0.5, 0.6) is 0 Å². The summed E-state index contributed by atoms with van der Waals surface area (Å²) in [5, 5.41) is 3.69. The van der Waals surface area contributed by atoms with Crippen LogP contribution in [-0.4, -0.2) is 15.6 Å². The van der Waals surface area contributed by atoms with Crippen molar-refractivity contribution in [1.29, 1.82) is 0 Å². The number of hydrogen-bond donors (Lipinski definition) is 1. The first-order chi connectivity index (χ1) is 8.31. The van der Waals surface area contributed by atoms with E-state index in [0.717, 1.165) is 6.54 Å². The minimum Gasteiger partial charge on any atom is -0.333 e. The molecule has 1 aliphatic rings. The second kappa shape index (κ2) is 6.20. The van der Waals surface area contributed by atoms with Crippen LogP contribution in [0.2, 0.25) is 0 Å². The van der Waals surface area contributed by atoms with Crippen molar-refractivity contribution < 1.29 is 0 Å². The summed E-state index contributed by atoms with van der Waals surface area (Å²) in [5.74, 6) is 0. The quantitative estimate of drug-likeness (QED) is 0.794. The second-order valence-electron chi connectivity index (χ2n) is 5.27. The summed E-state index contributed by atoms with van der Waals surface area (Å²) in [7, 11) is 0. The van der Waals surface area contributed by atoms with Crippen molar-refractivity contribution in [2.24, 2.45) is 0 Å². The Morgan fingerprint density at radius 1 is 1.41 bits per heavy atom. The molecule has 0 aromatic carbocycles. The van der Waals surface area contributed by atoms with E-state index >= 15 is 0 Å². The van der Waals surface area contributed by atoms with Crippen LogP contribution in [0.25, 0.3) is 0 Å². The maximum absolute atomic E-state index is 4.32. The Balaban J connectivity index is 1.97. The van der Waals surface area contributed by atoms with Crippen molar-refractivity contribution in [3.63, 3.8) is 0 Å². The fraction of sp³-hybridized carbons (Fsp3) is 0.786. The van der Waals surface area contributed by atoms with Gasteiger partial charge in [-0.25, -0.2) is 4.98 Å². The molecule has 1 aromatic heterocycles. The SMILES string of the molecule is CCCCCn1cncc1C1CCCC(C)N1. The lowest BCUT2D eigenvalue weighted by Crippen LogP contribution is -2.35. The number of unbranched alkanes of at least 4 members (excludes halogenated alkanes) is 2. The van der Waals surface area contributed by atoms with Gasteiger partial charge in [-0.1, -0.05) is 19.8 Å². The summed E-state index contributed by atoms with van der Waals surface area (Å²) in [6.07, 6.45) is 11.8. The molecule has 0 saturated carbocycles. The molecule has 1 aliphatic heterocycles. The molecule has 1 aromatic rings. The predicted octanol–water partition coefficient (Wildman–Crippen LogP) is 3.28. The van der Waals surface area contributed by atoms with Crippen LogP contribution >= 0.6 is 0 Å². The van der Waals surface area contributed by atoms with Crippen LogP contribution in [0.4, 0.5) is 0 Å². The lowest BCUT2D eigenvalue weighted by atomic mass is 9.97. The molecule has 1 fully saturated rings. The van der Waals surface area contributed by atoms with E-state index < -0.39 is 0 Å². The smallest absolute Gasteiger partial charge is 0.0948 e. The van der Waals surface area contributed by atoms with E-state index in [2.05, 4.69) is 28.7 Å². The normalized spacial score (nSPS) is 25.1. The van der Waals surface area contributed by atoms with E-state index in [1.165, 1.54) is 44.2 Å². The molecule has 0 bridgehead atoms. The molecule has 0 radical (unpaired) electrons. The van der Waals surface area contributed by atoms with Crippen molar-refractivity contribution in [3.05, 3.63) is 18.2 Å². The maximum atomic E-state index is 4.32. The van der Waals surface area contributed by atoms with Gasteiger partial charge in [0.1, 0.15) is 0 Å². The average Bonchev–Trinajstić information content (AvgIpc) is 2.78. The third-order valence-corrected chi connectivity index (χ3v) is 3.72. The molecule has 0 aliphatic carbocycles. The van der Waals surface area contributed by atoms with Gasteiger partial charge in [-0.2, -0.15) is 0 Å². The molecule has 17 heavy (non-hydrogen) atoms. The van der Waals surface area contributed by atoms with Gasteiger partial charge in [0.25, 0.3) is 0 Å². The fourth-order valence-corrected chi connectivity index (χ4v) is 2.71. The Bertz CT molecular complexity index is 332. The topological polar surface area (TPSA) is 29.9 Å². The summed E-state index contributed by atoms with van der Waals surface area (Å²) < 4.78 is 2.34. The van der Waals surface area contributed by atoms with Gasteiger partial charge >= 0.3 is 0 Å². The van der Waals surface area contributed by atoms with Crippen LogP contribution in [0.3, 0.4) is 0 Å². The molecule has 0 amide bonds. The van der Waals surface area contributed by atoms with Crippen molar-refractivity contribution in [2.45, 2.75) is 71.0 Å². The zero-order valence-corrected chi connectivity index (χ0v) is 11.2. The Kier molecular flexibility index (Phi) is 4.60. The highest BCUT2D eigenvalue weighted by Crippen LogP contribution is 2.25. The number of piperidine rings is 1. The van der Waals surface area contributed by atoms with Crippen LogP contribution in [0.15, 0.2) is 12.5 Å². The molecule has 2 rings (SSSR count). The number of rotatable bonds is 5. The standard InChI is InChI=1S/C14H25N3/c1-3-4-5-9-17-11-15-10-14(17)13-8-6-7-12(2)16-13/h10-13,16H,3-9H2,1-2H3. The Morgan fingerprint density at radius 3 is 3.06 bits per heavy atom.